The van der Waals surface area contributed by atoms with Gasteiger partial charge in [0.2, 0.25) is 23.6 Å². The van der Waals surface area contributed by atoms with Crippen LogP contribution in [0.4, 0.5) is 0 Å². The van der Waals surface area contributed by atoms with Crippen molar-refractivity contribution >= 4 is 45.4 Å². The van der Waals surface area contributed by atoms with Crippen molar-refractivity contribution in [2.75, 3.05) is 46.9 Å². The molecule has 3 saturated heterocycles. The second kappa shape index (κ2) is 19.6. The van der Waals surface area contributed by atoms with Crippen LogP contribution in [0.25, 0.3) is 21.8 Å². The third-order valence-electron chi connectivity index (χ3n) is 14.3. The summed E-state index contributed by atoms with van der Waals surface area (Å²) in [5, 5.41) is 6.79. The standard InChI is InChI=1S/C49H62N8O7/c1-5-33-25-45(59)52-39(33)29-64-48-37-27-43(63-4)38(46(50)60)26-36(37)34(28-51-48)11-7-30-17-21-56(22-18-30)20-6-19-54(2)35-12-8-31(9-13-35)23-32-10-14-40-42(24-32)55(3)49(62)57(40)41-15-16-44(58)53-47(41)61/h10,14,24,26-28,30-31,33,35,39,41H,5-6,8-9,12-13,15-23,25,29H2,1-4H3,(H2,50,60)(H,52,59)(H,53,58,61)/t31?,33-,35?,39-,41?/m1/s1. The molecule has 4 aromatic rings. The number of nitrogens with zero attached hydrogens (tertiary/aromatic N) is 5. The number of imide groups is 1. The first-order valence-electron chi connectivity index (χ1n) is 23.1. The first-order chi connectivity index (χ1) is 30.9. The molecule has 4 amide bonds. The van der Waals surface area contributed by atoms with E-state index in [-0.39, 0.29) is 54.0 Å². The summed E-state index contributed by atoms with van der Waals surface area (Å²) in [4.78, 5) is 71.8. The zero-order chi connectivity index (χ0) is 45.1. The number of hydrogen-bond acceptors (Lipinski definition) is 10. The van der Waals surface area contributed by atoms with Gasteiger partial charge >= 0.3 is 5.69 Å². The van der Waals surface area contributed by atoms with Gasteiger partial charge in [-0.1, -0.05) is 31.3 Å². The molecule has 8 rings (SSSR count). The number of hydrogen-bond donors (Lipinski definition) is 3. The van der Waals surface area contributed by atoms with Gasteiger partial charge in [-0.3, -0.25) is 33.6 Å². The maximum atomic E-state index is 13.2. The van der Waals surface area contributed by atoms with Gasteiger partial charge in [0, 0.05) is 48.8 Å². The molecule has 1 unspecified atom stereocenters. The number of amides is 4. The van der Waals surface area contributed by atoms with Gasteiger partial charge in [-0.25, -0.2) is 9.78 Å². The molecule has 5 heterocycles. The Hall–Kier alpha value is -5.72. The number of aromatic nitrogens is 3. The number of carbonyl (C=O) groups is 4. The highest BCUT2D eigenvalue weighted by molar-refractivity contribution is 6.03. The van der Waals surface area contributed by atoms with E-state index in [0.29, 0.717) is 47.4 Å². The van der Waals surface area contributed by atoms with Crippen LogP contribution in [-0.4, -0.2) is 107 Å². The highest BCUT2D eigenvalue weighted by atomic mass is 16.5. The fourth-order valence-corrected chi connectivity index (χ4v) is 10.5. The van der Waals surface area contributed by atoms with E-state index < -0.39 is 17.9 Å². The first-order valence-corrected chi connectivity index (χ1v) is 23.1. The Bertz CT molecular complexity index is 2540. The molecule has 0 spiro atoms. The average Bonchev–Trinajstić information content (AvgIpc) is 3.78. The van der Waals surface area contributed by atoms with Gasteiger partial charge in [-0.2, -0.15) is 0 Å². The van der Waals surface area contributed by atoms with Gasteiger partial charge in [-0.05, 0) is 133 Å². The lowest BCUT2D eigenvalue weighted by Gasteiger charge is -2.35. The SMILES string of the molecule is CC[C@@H]1CC(=O)N[C@@H]1COc1ncc(C#CC2CCN(CCCN(C)C3CCC(Cc4ccc5c(c4)n(C)c(=O)n5C4CCC(=O)NC4=O)CC3)CC2)c2cc(C(N)=O)c(OC)cc12. The number of nitrogens with one attached hydrogen (secondary N) is 2. The first kappa shape index (κ1) is 44.9. The second-order valence-electron chi connectivity index (χ2n) is 18.4. The number of likely N-dealkylation sites (tertiary alicyclic amines) is 1. The molecule has 1 aliphatic carbocycles. The van der Waals surface area contributed by atoms with Crippen molar-refractivity contribution in [1.82, 2.24) is 34.6 Å². The number of fused-ring (bicyclic) bond motifs is 2. The van der Waals surface area contributed by atoms with E-state index in [9.17, 15) is 24.0 Å². The lowest BCUT2D eigenvalue weighted by atomic mass is 9.82. The Morgan fingerprint density at radius 1 is 0.984 bits per heavy atom. The van der Waals surface area contributed by atoms with E-state index in [0.717, 1.165) is 74.7 Å². The molecule has 3 aliphatic heterocycles. The lowest BCUT2D eigenvalue weighted by Crippen LogP contribution is -2.44. The Morgan fingerprint density at radius 3 is 2.48 bits per heavy atom. The third-order valence-corrected chi connectivity index (χ3v) is 14.3. The number of aryl methyl sites for hydroxylation is 1. The molecule has 0 radical (unpaired) electrons. The zero-order valence-electron chi connectivity index (χ0n) is 37.6. The number of carbonyl (C=O) groups excluding carboxylic acids is 4. The molecule has 4 aliphatic rings. The molecule has 2 aromatic heterocycles. The molecule has 4 fully saturated rings. The predicted octanol–water partition coefficient (Wildman–Crippen LogP) is 4.45. The maximum Gasteiger partial charge on any atom is 0.329 e. The summed E-state index contributed by atoms with van der Waals surface area (Å²) >= 11 is 0. The van der Waals surface area contributed by atoms with Crippen molar-refractivity contribution in [2.24, 2.45) is 30.5 Å². The summed E-state index contributed by atoms with van der Waals surface area (Å²) in [6.45, 7) is 6.49. The summed E-state index contributed by atoms with van der Waals surface area (Å²) in [5.74, 6) is 7.39. The summed E-state index contributed by atoms with van der Waals surface area (Å²) in [6.07, 6.45) is 12.4. The number of imidazole rings is 1. The van der Waals surface area contributed by atoms with Crippen molar-refractivity contribution in [2.45, 2.75) is 102 Å². The van der Waals surface area contributed by atoms with Gasteiger partial charge < -0.3 is 30.3 Å². The van der Waals surface area contributed by atoms with Crippen molar-refractivity contribution in [3.05, 3.63) is 63.7 Å². The van der Waals surface area contributed by atoms with Gasteiger partial charge in [0.1, 0.15) is 18.4 Å². The molecular formula is C49H62N8O7. The van der Waals surface area contributed by atoms with Gasteiger partial charge in [0.15, 0.2) is 0 Å². The molecule has 15 heteroatoms. The van der Waals surface area contributed by atoms with Gasteiger partial charge in [0.25, 0.3) is 5.91 Å². The van der Waals surface area contributed by atoms with Crippen LogP contribution in [0.15, 0.2) is 41.3 Å². The summed E-state index contributed by atoms with van der Waals surface area (Å²) < 4.78 is 14.9. The minimum Gasteiger partial charge on any atom is -0.496 e. The van der Waals surface area contributed by atoms with Crippen LogP contribution in [0, 0.1) is 29.6 Å². The Kier molecular flexibility index (Phi) is 13.7. The number of nitrogens with two attached hydrogens (primary N) is 1. The predicted molar refractivity (Wildman–Crippen MR) is 244 cm³/mol. The van der Waals surface area contributed by atoms with Crippen molar-refractivity contribution in [1.29, 1.82) is 0 Å². The van der Waals surface area contributed by atoms with E-state index in [1.54, 1.807) is 34.5 Å². The topological polar surface area (TPSA) is 183 Å². The number of piperidine rings is 2. The highest BCUT2D eigenvalue weighted by Gasteiger charge is 2.33. The number of primary amides is 1. The normalized spacial score (nSPS) is 23.3. The van der Waals surface area contributed by atoms with Crippen LogP contribution in [0.1, 0.15) is 105 Å². The maximum absolute atomic E-state index is 13.2. The number of benzene rings is 2. The molecule has 4 N–H and O–H groups in total. The number of ether oxygens (including phenoxy) is 2. The molecule has 1 saturated carbocycles. The van der Waals surface area contributed by atoms with Gasteiger partial charge in [0.05, 0.1) is 35.3 Å². The van der Waals surface area contributed by atoms with Crippen molar-refractivity contribution < 1.29 is 28.7 Å². The molecule has 0 bridgehead atoms. The van der Waals surface area contributed by atoms with Crippen LogP contribution in [0.2, 0.25) is 0 Å². The van der Waals surface area contributed by atoms with Crippen LogP contribution >= 0.6 is 0 Å². The number of rotatable bonds is 14. The van der Waals surface area contributed by atoms with E-state index >= 15 is 0 Å². The fraction of sp³-hybridized carbons (Fsp3) is 0.551. The Morgan fingerprint density at radius 2 is 1.77 bits per heavy atom. The smallest absolute Gasteiger partial charge is 0.329 e. The molecular weight excluding hydrogens is 813 g/mol. The minimum atomic E-state index is -0.675. The zero-order valence-corrected chi connectivity index (χ0v) is 37.6. The molecule has 64 heavy (non-hydrogen) atoms. The van der Waals surface area contributed by atoms with Crippen LogP contribution in [0.5, 0.6) is 11.6 Å². The highest BCUT2D eigenvalue weighted by Crippen LogP contribution is 2.35. The molecule has 3 atom stereocenters. The minimum absolute atomic E-state index is 0.0328. The molecule has 340 valence electrons. The van der Waals surface area contributed by atoms with Crippen LogP contribution in [-0.2, 0) is 27.9 Å². The summed E-state index contributed by atoms with van der Waals surface area (Å²) in [6, 6.07) is 9.41. The average molecular weight is 875 g/mol. The van der Waals surface area contributed by atoms with E-state index in [1.165, 1.54) is 38.4 Å². The van der Waals surface area contributed by atoms with Crippen molar-refractivity contribution in [3.63, 3.8) is 0 Å². The van der Waals surface area contributed by atoms with E-state index in [4.69, 9.17) is 15.2 Å². The fourth-order valence-electron chi connectivity index (χ4n) is 10.5. The second-order valence-corrected chi connectivity index (χ2v) is 18.4. The quantitative estimate of drug-likeness (QED) is 0.121. The van der Waals surface area contributed by atoms with Crippen molar-refractivity contribution in [3.8, 4) is 23.5 Å². The monoisotopic (exact) mass is 874 g/mol. The molecule has 2 aromatic carbocycles. The van der Waals surface area contributed by atoms with E-state index in [1.807, 2.05) is 6.07 Å². The number of methoxy groups -OCH3 is 1. The summed E-state index contributed by atoms with van der Waals surface area (Å²) in [5.41, 5.74) is 9.23. The summed E-state index contributed by atoms with van der Waals surface area (Å²) in [7, 11) is 5.51. The molecule has 15 nitrogen and oxygen atoms in total. The van der Waals surface area contributed by atoms with E-state index in [2.05, 4.69) is 63.4 Å². The lowest BCUT2D eigenvalue weighted by molar-refractivity contribution is -0.135. The Labute approximate surface area is 374 Å². The third kappa shape index (κ3) is 9.68. The van der Waals surface area contributed by atoms with Gasteiger partial charge in [-0.15, -0.1) is 0 Å². The van der Waals surface area contributed by atoms with Crippen LogP contribution in [0.3, 0.4) is 0 Å². The number of pyridine rings is 1. The largest absolute Gasteiger partial charge is 0.496 e. The van der Waals surface area contributed by atoms with Crippen LogP contribution < -0.4 is 31.5 Å². The Balaban J connectivity index is 0.801.